The number of anilines is 3. The highest BCUT2D eigenvalue weighted by atomic mass is 16.8. The van der Waals surface area contributed by atoms with Crippen molar-refractivity contribution in [2.24, 2.45) is 0 Å². The van der Waals surface area contributed by atoms with E-state index in [1.54, 1.807) is 23.1 Å². The lowest BCUT2D eigenvalue weighted by atomic mass is 10.1. The molecule has 3 N–H and O–H groups in total. The zero-order chi connectivity index (χ0) is 22.0. The molecule has 4 rings (SSSR count). The molecule has 3 aromatic rings. The lowest BCUT2D eigenvalue weighted by Crippen LogP contribution is -2.28. The van der Waals surface area contributed by atoms with Gasteiger partial charge >= 0.3 is 5.82 Å². The lowest BCUT2D eigenvalue weighted by Gasteiger charge is -2.17. The van der Waals surface area contributed by atoms with Gasteiger partial charge in [-0.25, -0.2) is 0 Å². The Bertz CT molecular complexity index is 1070. The monoisotopic (exact) mass is 427 g/mol. The molecule has 1 saturated heterocycles. The van der Waals surface area contributed by atoms with Crippen molar-refractivity contribution in [3.8, 4) is 5.75 Å². The molecule has 0 unspecified atom stereocenters. The van der Waals surface area contributed by atoms with Crippen molar-refractivity contribution in [2.75, 3.05) is 23.7 Å². The Morgan fingerprint density at radius 3 is 2.77 bits per heavy atom. The van der Waals surface area contributed by atoms with Crippen LogP contribution in [-0.2, 0) is 0 Å². The number of hydrogen-bond donors (Lipinski definition) is 3. The van der Waals surface area contributed by atoms with Crippen LogP contribution < -0.4 is 15.5 Å². The van der Waals surface area contributed by atoms with Gasteiger partial charge in [-0.1, -0.05) is 17.9 Å². The van der Waals surface area contributed by atoms with Gasteiger partial charge in [-0.15, -0.1) is 0 Å². The number of hydrogen-bond acceptors (Lipinski definition) is 8. The molecule has 2 aromatic heterocycles. The van der Waals surface area contributed by atoms with Crippen LogP contribution in [-0.4, -0.2) is 34.2 Å². The maximum absolute atomic E-state index is 12.7. The predicted octanol–water partition coefficient (Wildman–Crippen LogP) is 3.46. The number of nitrogens with one attached hydrogen (secondary N) is 2. The minimum atomic E-state index is -0.240. The number of aryl methyl sites for hydroxylation is 1. The van der Waals surface area contributed by atoms with Gasteiger partial charge in [0, 0.05) is 13.1 Å². The number of aromatic nitrogens is 2. The van der Waals surface area contributed by atoms with Crippen molar-refractivity contribution in [3.05, 3.63) is 52.6 Å². The van der Waals surface area contributed by atoms with Crippen LogP contribution >= 0.6 is 0 Å². The van der Waals surface area contributed by atoms with Crippen molar-refractivity contribution < 1.29 is 23.9 Å². The first-order valence-electron chi connectivity index (χ1n) is 10.3. The van der Waals surface area contributed by atoms with E-state index in [4.69, 9.17) is 9.05 Å². The zero-order valence-electron chi connectivity index (χ0n) is 17.4. The molecule has 0 saturated carbocycles. The summed E-state index contributed by atoms with van der Waals surface area (Å²) in [6.07, 6.45) is 2.57. The average Bonchev–Trinajstić information content (AvgIpc) is 3.51. The number of para-hydroxylation sites is 1. The van der Waals surface area contributed by atoms with E-state index in [1.165, 1.54) is 0 Å². The number of phenols is 1. The van der Waals surface area contributed by atoms with Crippen molar-refractivity contribution in [1.29, 1.82) is 0 Å². The van der Waals surface area contributed by atoms with Gasteiger partial charge in [-0.3, -0.25) is 10.1 Å². The third-order valence-electron chi connectivity index (χ3n) is 5.35. The largest absolute Gasteiger partial charge is 0.504 e. The third kappa shape index (κ3) is 4.14. The second-order valence-electron chi connectivity index (χ2n) is 7.51. The number of aromatic hydroxyl groups is 1. The second kappa shape index (κ2) is 8.58. The Hall–Kier alpha value is -3.69. The van der Waals surface area contributed by atoms with E-state index in [9.17, 15) is 15.1 Å². The number of amides is 1. The van der Waals surface area contributed by atoms with Gasteiger partial charge in [0.15, 0.2) is 5.75 Å². The Labute approximate surface area is 179 Å². The summed E-state index contributed by atoms with van der Waals surface area (Å²) in [6, 6.07) is 8.24. The Morgan fingerprint density at radius 2 is 2.10 bits per heavy atom. The molecule has 10 nitrogen and oxygen atoms in total. The van der Waals surface area contributed by atoms with E-state index in [2.05, 4.69) is 15.8 Å². The summed E-state index contributed by atoms with van der Waals surface area (Å²) in [5.74, 6) is 1.12. The number of carbonyl (C=O) groups excluding carboxylic acids is 1. The topological polar surface area (TPSA) is 131 Å². The van der Waals surface area contributed by atoms with Crippen molar-refractivity contribution in [2.45, 2.75) is 39.2 Å². The summed E-state index contributed by atoms with van der Waals surface area (Å²) >= 11 is 0. The summed E-state index contributed by atoms with van der Waals surface area (Å²) < 4.78 is 10.4. The normalized spacial score (nSPS) is 14.6. The standard InChI is InChI=1S/C21H25N5O5/c1-3-15(17-10-9-13(2)30-17)22-19-20(26(29)31-24-19)23-16-8-6-7-14(18(16)27)21(28)25-11-4-5-12-25/h6-10,15,23,27H,3-5,11-12H2,1-2H3,(H,22,24)/t15-/m1/s1. The van der Waals surface area contributed by atoms with Gasteiger partial charge in [-0.05, 0) is 55.6 Å². The van der Waals surface area contributed by atoms with Crippen LogP contribution in [0.25, 0.3) is 0 Å². The first-order valence-corrected chi connectivity index (χ1v) is 10.3. The first kappa shape index (κ1) is 20.6. The Kier molecular flexibility index (Phi) is 5.70. The molecule has 1 aliphatic rings. The van der Waals surface area contributed by atoms with Crippen LogP contribution in [0.4, 0.5) is 17.3 Å². The summed E-state index contributed by atoms with van der Waals surface area (Å²) in [4.78, 5) is 14.6. The quantitative estimate of drug-likeness (QED) is 0.386. The van der Waals surface area contributed by atoms with Crippen LogP contribution in [0, 0.1) is 12.1 Å². The second-order valence-corrected chi connectivity index (χ2v) is 7.51. The molecule has 10 heteroatoms. The van der Waals surface area contributed by atoms with Crippen LogP contribution in [0.5, 0.6) is 5.75 Å². The van der Waals surface area contributed by atoms with E-state index < -0.39 is 0 Å². The molecular weight excluding hydrogens is 402 g/mol. The first-order chi connectivity index (χ1) is 15.0. The SMILES string of the molecule is CC[C@@H](Nc1no[n+]([O-])c1Nc1cccc(C(=O)N2CCCC2)c1O)c1ccc(C)o1. The number of likely N-dealkylation sites (tertiary alicyclic amines) is 1. The third-order valence-corrected chi connectivity index (χ3v) is 5.35. The fourth-order valence-electron chi connectivity index (χ4n) is 3.66. The minimum absolute atomic E-state index is 0.0391. The molecule has 0 bridgehead atoms. The minimum Gasteiger partial charge on any atom is -0.504 e. The van der Waals surface area contributed by atoms with Gasteiger partial charge < -0.3 is 29.6 Å². The molecular formula is C21H25N5O5. The summed E-state index contributed by atoms with van der Waals surface area (Å²) in [7, 11) is 0. The number of carbonyl (C=O) groups is 1. The van der Waals surface area contributed by atoms with E-state index in [1.807, 2.05) is 26.0 Å². The maximum Gasteiger partial charge on any atom is 0.324 e. The zero-order valence-corrected chi connectivity index (χ0v) is 17.4. The van der Waals surface area contributed by atoms with E-state index in [0.717, 1.165) is 18.6 Å². The molecule has 0 spiro atoms. The lowest BCUT2D eigenvalue weighted by molar-refractivity contribution is -0.790. The van der Waals surface area contributed by atoms with Crippen molar-refractivity contribution >= 4 is 23.2 Å². The van der Waals surface area contributed by atoms with Gasteiger partial charge in [0.2, 0.25) is 0 Å². The predicted molar refractivity (Wildman–Crippen MR) is 112 cm³/mol. The maximum atomic E-state index is 12.7. The van der Waals surface area contributed by atoms with Gasteiger partial charge in [0.25, 0.3) is 11.7 Å². The van der Waals surface area contributed by atoms with E-state index in [-0.39, 0.29) is 45.5 Å². The molecule has 0 aliphatic carbocycles. The van der Waals surface area contributed by atoms with Crippen LogP contribution in [0.1, 0.15) is 54.1 Å². The van der Waals surface area contributed by atoms with Crippen molar-refractivity contribution in [1.82, 2.24) is 10.1 Å². The molecule has 164 valence electrons. The highest BCUT2D eigenvalue weighted by Crippen LogP contribution is 2.33. The highest BCUT2D eigenvalue weighted by molar-refractivity contribution is 5.99. The highest BCUT2D eigenvalue weighted by Gasteiger charge is 2.27. The van der Waals surface area contributed by atoms with E-state index in [0.29, 0.717) is 25.3 Å². The molecule has 3 heterocycles. The number of rotatable bonds is 7. The summed E-state index contributed by atoms with van der Waals surface area (Å²) in [6.45, 7) is 5.15. The fraction of sp³-hybridized carbons (Fsp3) is 0.381. The van der Waals surface area contributed by atoms with Gasteiger partial charge in [0.1, 0.15) is 17.2 Å². The molecule has 0 radical (unpaired) electrons. The number of benzene rings is 1. The van der Waals surface area contributed by atoms with Crippen LogP contribution in [0.3, 0.4) is 0 Å². The van der Waals surface area contributed by atoms with Gasteiger partial charge in [0.05, 0.1) is 11.6 Å². The Morgan fingerprint density at radius 1 is 1.32 bits per heavy atom. The fourth-order valence-corrected chi connectivity index (χ4v) is 3.66. The van der Waals surface area contributed by atoms with Gasteiger partial charge in [-0.2, -0.15) is 0 Å². The van der Waals surface area contributed by atoms with Crippen LogP contribution in [0.15, 0.2) is 39.4 Å². The molecule has 1 aromatic carbocycles. The number of furan rings is 1. The van der Waals surface area contributed by atoms with E-state index >= 15 is 0 Å². The van der Waals surface area contributed by atoms with Crippen LogP contribution in [0.2, 0.25) is 0 Å². The average molecular weight is 427 g/mol. The number of nitrogens with zero attached hydrogens (tertiary/aromatic N) is 3. The van der Waals surface area contributed by atoms with Crippen molar-refractivity contribution in [3.63, 3.8) is 0 Å². The smallest absolute Gasteiger partial charge is 0.324 e. The molecule has 1 amide bonds. The summed E-state index contributed by atoms with van der Waals surface area (Å²) in [5, 5.41) is 32.7. The molecule has 1 atom stereocenters. The Balaban J connectivity index is 1.58. The molecule has 31 heavy (non-hydrogen) atoms. The molecule has 1 aliphatic heterocycles. The molecule has 1 fully saturated rings. The summed E-state index contributed by atoms with van der Waals surface area (Å²) in [5.41, 5.74) is 0.371. The number of phenolic OH excluding ortho intramolecular Hbond substituents is 1.